The standard InChI is InChI=1S/C24H25N5O3S/c1-14(30)19(16-6-10-26-11-7-16)15-2-4-17(5-3-15)22(32)29-24-20(21(25)31)28-23(33-24)18-8-12-27-13-9-18/h2-5,8-9,12-13,16,19,26H,6-7,10-11H2,1H3,(H2,25,31)(H,29,32). The number of hydrogen-bond donors (Lipinski definition) is 3. The van der Waals surface area contributed by atoms with Crippen LogP contribution in [0.1, 0.15) is 52.1 Å². The number of carbonyl (C=O) groups is 3. The van der Waals surface area contributed by atoms with Gasteiger partial charge in [-0.25, -0.2) is 4.98 Å². The second-order valence-electron chi connectivity index (χ2n) is 8.05. The molecule has 1 unspecified atom stereocenters. The van der Waals surface area contributed by atoms with Crippen molar-refractivity contribution in [2.45, 2.75) is 25.7 Å². The molecule has 1 aliphatic heterocycles. The van der Waals surface area contributed by atoms with Crippen LogP contribution >= 0.6 is 11.3 Å². The summed E-state index contributed by atoms with van der Waals surface area (Å²) in [5.74, 6) is -0.836. The molecule has 33 heavy (non-hydrogen) atoms. The van der Waals surface area contributed by atoms with E-state index >= 15 is 0 Å². The van der Waals surface area contributed by atoms with Gasteiger partial charge in [0.25, 0.3) is 11.8 Å². The minimum atomic E-state index is -0.719. The summed E-state index contributed by atoms with van der Waals surface area (Å²) >= 11 is 1.17. The molecule has 0 aliphatic carbocycles. The molecule has 2 aromatic heterocycles. The zero-order valence-electron chi connectivity index (χ0n) is 18.2. The Hall–Kier alpha value is -3.43. The Labute approximate surface area is 195 Å². The van der Waals surface area contributed by atoms with Crippen molar-refractivity contribution >= 4 is 33.9 Å². The Kier molecular flexibility index (Phi) is 6.90. The second-order valence-corrected chi connectivity index (χ2v) is 9.05. The van der Waals surface area contributed by atoms with Crippen molar-refractivity contribution in [2.75, 3.05) is 18.4 Å². The van der Waals surface area contributed by atoms with Gasteiger partial charge in [-0.15, -0.1) is 0 Å². The SMILES string of the molecule is CC(=O)C(c1ccc(C(=O)Nc2sc(-c3ccncc3)nc2C(N)=O)cc1)C1CCNCC1. The van der Waals surface area contributed by atoms with Crippen molar-refractivity contribution in [1.29, 1.82) is 0 Å². The average molecular weight is 464 g/mol. The summed E-state index contributed by atoms with van der Waals surface area (Å²) in [6, 6.07) is 10.6. The summed E-state index contributed by atoms with van der Waals surface area (Å²) in [5.41, 5.74) is 7.60. The smallest absolute Gasteiger partial charge is 0.270 e. The maximum Gasteiger partial charge on any atom is 0.270 e. The predicted molar refractivity (Wildman–Crippen MR) is 127 cm³/mol. The number of primary amides is 1. The van der Waals surface area contributed by atoms with Crippen LogP contribution in [0.3, 0.4) is 0 Å². The molecule has 0 saturated carbocycles. The number of nitrogens with zero attached hydrogens (tertiary/aromatic N) is 2. The monoisotopic (exact) mass is 463 g/mol. The van der Waals surface area contributed by atoms with Gasteiger partial charge in [0.2, 0.25) is 0 Å². The summed E-state index contributed by atoms with van der Waals surface area (Å²) in [6.45, 7) is 3.45. The van der Waals surface area contributed by atoms with Gasteiger partial charge < -0.3 is 16.4 Å². The van der Waals surface area contributed by atoms with Crippen LogP contribution < -0.4 is 16.4 Å². The first-order valence-corrected chi connectivity index (χ1v) is 11.6. The fourth-order valence-corrected chi connectivity index (χ4v) is 5.19. The van der Waals surface area contributed by atoms with Crippen LogP contribution in [0, 0.1) is 5.92 Å². The molecule has 9 heteroatoms. The summed E-state index contributed by atoms with van der Waals surface area (Å²) in [5, 5.41) is 6.94. The van der Waals surface area contributed by atoms with E-state index in [2.05, 4.69) is 20.6 Å². The van der Waals surface area contributed by atoms with Crippen LogP contribution in [-0.2, 0) is 4.79 Å². The molecule has 3 heterocycles. The number of benzene rings is 1. The first-order valence-electron chi connectivity index (χ1n) is 10.8. The van der Waals surface area contributed by atoms with Crippen LogP contribution in [0.15, 0.2) is 48.8 Å². The minimum absolute atomic E-state index is 0.0133. The Morgan fingerprint density at radius 3 is 2.36 bits per heavy atom. The molecular formula is C24H25N5O3S. The van der Waals surface area contributed by atoms with Crippen LogP contribution in [0.5, 0.6) is 0 Å². The quantitative estimate of drug-likeness (QED) is 0.494. The van der Waals surface area contributed by atoms with Gasteiger partial charge in [0.15, 0.2) is 5.69 Å². The number of aromatic nitrogens is 2. The number of carbonyl (C=O) groups excluding carboxylic acids is 3. The molecule has 1 aromatic carbocycles. The van der Waals surface area contributed by atoms with Gasteiger partial charge in [-0.1, -0.05) is 23.5 Å². The van der Waals surface area contributed by atoms with E-state index in [-0.39, 0.29) is 23.3 Å². The second kappa shape index (κ2) is 10.0. The van der Waals surface area contributed by atoms with Crippen molar-refractivity contribution in [3.8, 4) is 10.6 Å². The first-order chi connectivity index (χ1) is 15.9. The van der Waals surface area contributed by atoms with Gasteiger partial charge in [-0.3, -0.25) is 19.4 Å². The highest BCUT2D eigenvalue weighted by molar-refractivity contribution is 7.19. The van der Waals surface area contributed by atoms with Crippen LogP contribution in [0.25, 0.3) is 10.6 Å². The number of hydrogen-bond acceptors (Lipinski definition) is 7. The Bertz CT molecular complexity index is 1150. The van der Waals surface area contributed by atoms with E-state index in [4.69, 9.17) is 5.73 Å². The van der Waals surface area contributed by atoms with E-state index in [1.54, 1.807) is 43.6 Å². The number of amides is 2. The molecule has 2 amide bonds. The third kappa shape index (κ3) is 5.15. The van der Waals surface area contributed by atoms with Crippen molar-refractivity contribution < 1.29 is 14.4 Å². The van der Waals surface area contributed by atoms with Crippen molar-refractivity contribution in [2.24, 2.45) is 11.7 Å². The third-order valence-electron chi connectivity index (χ3n) is 5.84. The number of anilines is 1. The molecule has 1 atom stereocenters. The van der Waals surface area contributed by atoms with Crippen molar-refractivity contribution in [3.05, 3.63) is 65.6 Å². The van der Waals surface area contributed by atoms with Gasteiger partial charge in [-0.2, -0.15) is 0 Å². The van der Waals surface area contributed by atoms with Crippen LogP contribution in [-0.4, -0.2) is 40.7 Å². The summed E-state index contributed by atoms with van der Waals surface area (Å²) in [6.07, 6.45) is 5.15. The summed E-state index contributed by atoms with van der Waals surface area (Å²) < 4.78 is 0. The molecule has 1 saturated heterocycles. The molecule has 4 N–H and O–H groups in total. The minimum Gasteiger partial charge on any atom is -0.364 e. The lowest BCUT2D eigenvalue weighted by Crippen LogP contribution is -2.33. The molecule has 3 aromatic rings. The molecule has 4 rings (SSSR count). The van der Waals surface area contributed by atoms with Crippen LogP contribution in [0.4, 0.5) is 5.00 Å². The molecule has 1 aliphatic rings. The highest BCUT2D eigenvalue weighted by Gasteiger charge is 2.28. The topological polar surface area (TPSA) is 127 Å². The third-order valence-corrected chi connectivity index (χ3v) is 6.86. The number of pyridine rings is 1. The Morgan fingerprint density at radius 1 is 1.09 bits per heavy atom. The van der Waals surface area contributed by atoms with Gasteiger partial charge in [0, 0.05) is 29.4 Å². The fourth-order valence-electron chi connectivity index (χ4n) is 4.22. The lowest BCUT2D eigenvalue weighted by molar-refractivity contribution is -0.119. The summed E-state index contributed by atoms with van der Waals surface area (Å²) in [7, 11) is 0. The van der Waals surface area contributed by atoms with E-state index in [9.17, 15) is 14.4 Å². The average Bonchev–Trinajstić information content (AvgIpc) is 3.25. The molecule has 170 valence electrons. The molecule has 0 radical (unpaired) electrons. The maximum absolute atomic E-state index is 12.9. The maximum atomic E-state index is 12.9. The predicted octanol–water partition coefficient (Wildman–Crippen LogP) is 3.23. The van der Waals surface area contributed by atoms with E-state index in [1.165, 1.54) is 11.3 Å². The zero-order chi connectivity index (χ0) is 23.4. The van der Waals surface area contributed by atoms with E-state index in [1.807, 2.05) is 12.1 Å². The molecule has 1 fully saturated rings. The zero-order valence-corrected chi connectivity index (χ0v) is 19.0. The first kappa shape index (κ1) is 22.8. The lowest BCUT2D eigenvalue weighted by Gasteiger charge is -2.29. The van der Waals surface area contributed by atoms with Gasteiger partial charge in [-0.05, 0) is 68.6 Å². The van der Waals surface area contributed by atoms with Gasteiger partial charge in [0.05, 0.1) is 0 Å². The number of ketones is 1. The highest BCUT2D eigenvalue weighted by Crippen LogP contribution is 2.34. The molecule has 0 bridgehead atoms. The lowest BCUT2D eigenvalue weighted by atomic mass is 9.78. The number of rotatable bonds is 7. The largest absolute Gasteiger partial charge is 0.364 e. The number of nitrogens with two attached hydrogens (primary N) is 1. The number of piperidine rings is 1. The molecule has 8 nitrogen and oxygen atoms in total. The number of nitrogens with one attached hydrogen (secondary N) is 2. The number of Topliss-reactive ketones (excluding diaryl/α,β-unsaturated/α-hetero) is 1. The van der Waals surface area contributed by atoms with E-state index in [0.29, 0.717) is 21.5 Å². The van der Waals surface area contributed by atoms with Crippen molar-refractivity contribution in [3.63, 3.8) is 0 Å². The highest BCUT2D eigenvalue weighted by atomic mass is 32.1. The van der Waals surface area contributed by atoms with E-state index in [0.717, 1.165) is 37.1 Å². The number of thiazole rings is 1. The fraction of sp³-hybridized carbons (Fsp3) is 0.292. The normalized spacial score (nSPS) is 15.1. The molecule has 0 spiro atoms. The van der Waals surface area contributed by atoms with Gasteiger partial charge in [0.1, 0.15) is 15.8 Å². The Morgan fingerprint density at radius 2 is 1.76 bits per heavy atom. The van der Waals surface area contributed by atoms with Gasteiger partial charge >= 0.3 is 0 Å². The van der Waals surface area contributed by atoms with Crippen molar-refractivity contribution in [1.82, 2.24) is 15.3 Å². The molecular weight excluding hydrogens is 438 g/mol. The summed E-state index contributed by atoms with van der Waals surface area (Å²) in [4.78, 5) is 45.4. The Balaban J connectivity index is 1.54. The van der Waals surface area contributed by atoms with E-state index < -0.39 is 5.91 Å². The van der Waals surface area contributed by atoms with Crippen LogP contribution in [0.2, 0.25) is 0 Å².